The normalized spacial score (nSPS) is 21.7. The first-order valence-corrected chi connectivity index (χ1v) is 8.80. The highest BCUT2D eigenvalue weighted by atomic mass is 35.5. The van der Waals surface area contributed by atoms with Gasteiger partial charge in [0, 0.05) is 17.8 Å². The molecule has 0 aliphatic carbocycles. The molecule has 2 aromatic rings. The van der Waals surface area contributed by atoms with Gasteiger partial charge in [0.25, 0.3) is 0 Å². The maximum atomic E-state index is 14.2. The number of pyridine rings is 1. The summed E-state index contributed by atoms with van der Waals surface area (Å²) in [5, 5.41) is 9.87. The fourth-order valence-corrected chi connectivity index (χ4v) is 4.10. The molecule has 0 radical (unpaired) electrons. The second kappa shape index (κ2) is 6.64. The Morgan fingerprint density at radius 2 is 2.04 bits per heavy atom. The molecule has 136 valence electrons. The number of aromatic nitrogens is 1. The fraction of sp³-hybridized carbons (Fsp3) is 0.294. The van der Waals surface area contributed by atoms with E-state index < -0.39 is 11.8 Å². The predicted octanol–water partition coefficient (Wildman–Crippen LogP) is 4.39. The number of hydrogen-bond donors (Lipinski definition) is 2. The molecule has 0 amide bonds. The zero-order valence-corrected chi connectivity index (χ0v) is 14.9. The summed E-state index contributed by atoms with van der Waals surface area (Å²) < 4.78 is 28.2. The molecule has 2 atom stereocenters. The number of guanidine groups is 1. The van der Waals surface area contributed by atoms with Gasteiger partial charge in [0.1, 0.15) is 5.69 Å². The van der Waals surface area contributed by atoms with Crippen molar-refractivity contribution in [1.29, 1.82) is 0 Å². The Balaban J connectivity index is 1.76. The summed E-state index contributed by atoms with van der Waals surface area (Å²) in [4.78, 5) is 9.76. The highest BCUT2D eigenvalue weighted by Crippen LogP contribution is 2.44. The summed E-state index contributed by atoms with van der Waals surface area (Å²) in [7, 11) is 0. The van der Waals surface area contributed by atoms with Crippen LogP contribution in [-0.4, -0.2) is 27.1 Å². The molecule has 0 saturated carbocycles. The molecule has 9 heteroatoms. The van der Waals surface area contributed by atoms with Gasteiger partial charge in [0.2, 0.25) is 11.9 Å². The largest absolute Gasteiger partial charge is 0.331 e. The number of nitrogens with one attached hydrogen (secondary N) is 1. The van der Waals surface area contributed by atoms with Crippen molar-refractivity contribution in [3.8, 4) is 0 Å². The zero-order valence-electron chi connectivity index (χ0n) is 13.4. The smallest absolute Gasteiger partial charge is 0.224 e. The van der Waals surface area contributed by atoms with E-state index in [1.807, 2.05) is 4.90 Å². The lowest BCUT2D eigenvalue weighted by molar-refractivity contribution is 0.187. The number of halogens is 4. The van der Waals surface area contributed by atoms with Gasteiger partial charge in [0.05, 0.1) is 16.1 Å². The summed E-state index contributed by atoms with van der Waals surface area (Å²) in [6.07, 6.45) is 3.43. The predicted molar refractivity (Wildman–Crippen MR) is 93.9 cm³/mol. The van der Waals surface area contributed by atoms with Gasteiger partial charge in [-0.15, -0.1) is 0 Å². The van der Waals surface area contributed by atoms with Crippen molar-refractivity contribution >= 4 is 34.8 Å². The first kappa shape index (κ1) is 17.5. The second-order valence-corrected chi connectivity index (χ2v) is 7.11. The molecule has 2 aliphatic heterocycles. The molecule has 0 unspecified atom stereocenters. The van der Waals surface area contributed by atoms with Crippen molar-refractivity contribution in [3.05, 3.63) is 57.3 Å². The first-order chi connectivity index (χ1) is 12.5. The summed E-state index contributed by atoms with van der Waals surface area (Å²) in [5.74, 6) is -1.05. The van der Waals surface area contributed by atoms with Gasteiger partial charge in [-0.2, -0.15) is 4.39 Å². The van der Waals surface area contributed by atoms with Crippen LogP contribution in [0, 0.1) is 11.8 Å². The van der Waals surface area contributed by atoms with Crippen molar-refractivity contribution in [2.75, 3.05) is 0 Å². The quantitative estimate of drug-likeness (QED) is 0.246. The lowest BCUT2D eigenvalue weighted by atomic mass is 9.95. The second-order valence-electron chi connectivity index (χ2n) is 6.29. The van der Waals surface area contributed by atoms with E-state index in [1.54, 1.807) is 6.07 Å². The molecule has 5 nitrogen and oxygen atoms in total. The first-order valence-electron chi connectivity index (χ1n) is 8.04. The van der Waals surface area contributed by atoms with Gasteiger partial charge in [0.15, 0.2) is 5.82 Å². The Hall–Kier alpha value is -1.96. The molecule has 1 saturated heterocycles. The number of rotatable bonds is 1. The molecular formula is C17H14Cl2F2N4O. The standard InChI is InChI=1S/C17H14Cl2F2N4O/c18-11-6-13(20)14(7-12(11)19)23-17(24-26)25-8-1-2-15(25)9-3-4-22-16(21)10(9)5-8/h3-4,6-8,15,26H,1-2,5H2,(H,23,24)/t8-,15+/m1/s1. The third-order valence-corrected chi connectivity index (χ3v) is 5.62. The van der Waals surface area contributed by atoms with Crippen molar-refractivity contribution in [3.63, 3.8) is 0 Å². The van der Waals surface area contributed by atoms with Crippen LogP contribution < -0.4 is 5.48 Å². The van der Waals surface area contributed by atoms with Crippen LogP contribution in [0.1, 0.15) is 30.0 Å². The van der Waals surface area contributed by atoms with Crippen LogP contribution in [0.25, 0.3) is 0 Å². The summed E-state index contributed by atoms with van der Waals surface area (Å²) in [5.41, 5.74) is 3.40. The van der Waals surface area contributed by atoms with Gasteiger partial charge in [-0.3, -0.25) is 5.21 Å². The number of fused-ring (bicyclic) bond motifs is 4. The number of aliphatic imine (C=N–C) groups is 1. The molecule has 4 rings (SSSR count). The van der Waals surface area contributed by atoms with Gasteiger partial charge in [-0.05, 0) is 43.0 Å². The van der Waals surface area contributed by atoms with Crippen LogP contribution in [0.4, 0.5) is 14.5 Å². The average molecular weight is 399 g/mol. The molecule has 2 N–H and O–H groups in total. The number of benzene rings is 1. The van der Waals surface area contributed by atoms with Crippen LogP contribution in [0.5, 0.6) is 0 Å². The van der Waals surface area contributed by atoms with Gasteiger partial charge in [-0.1, -0.05) is 23.2 Å². The van der Waals surface area contributed by atoms with Crippen LogP contribution >= 0.6 is 23.2 Å². The highest BCUT2D eigenvalue weighted by Gasteiger charge is 2.43. The SMILES string of the molecule is ONC(=Nc1cc(Cl)c(Cl)cc1F)N1[C@@H]2CC[C@H]1c1ccnc(F)c1C2. The molecule has 2 bridgehead atoms. The van der Waals surface area contributed by atoms with E-state index in [4.69, 9.17) is 23.2 Å². The summed E-state index contributed by atoms with van der Waals surface area (Å²) >= 11 is 11.7. The summed E-state index contributed by atoms with van der Waals surface area (Å²) in [6, 6.07) is 3.88. The van der Waals surface area contributed by atoms with E-state index in [0.717, 1.165) is 24.5 Å². The van der Waals surface area contributed by atoms with Gasteiger partial charge in [-0.25, -0.2) is 19.8 Å². The molecule has 2 aliphatic rings. The molecule has 1 fully saturated rings. The molecular weight excluding hydrogens is 385 g/mol. The molecule has 26 heavy (non-hydrogen) atoms. The van der Waals surface area contributed by atoms with Gasteiger partial charge >= 0.3 is 0 Å². The average Bonchev–Trinajstić information content (AvgIpc) is 2.92. The third-order valence-electron chi connectivity index (χ3n) is 4.90. The molecule has 3 heterocycles. The maximum Gasteiger partial charge on any atom is 0.224 e. The third kappa shape index (κ3) is 2.80. The molecule has 1 aromatic carbocycles. The molecule has 0 spiro atoms. The van der Waals surface area contributed by atoms with E-state index in [1.165, 1.54) is 12.3 Å². The van der Waals surface area contributed by atoms with Crippen molar-refractivity contribution in [2.45, 2.75) is 31.3 Å². The molecule has 1 aromatic heterocycles. The van der Waals surface area contributed by atoms with Crippen LogP contribution in [0.15, 0.2) is 29.4 Å². The minimum atomic E-state index is -0.660. The fourth-order valence-electron chi connectivity index (χ4n) is 3.79. The van der Waals surface area contributed by atoms with E-state index in [0.29, 0.717) is 12.0 Å². The highest BCUT2D eigenvalue weighted by molar-refractivity contribution is 6.42. The van der Waals surface area contributed by atoms with E-state index >= 15 is 0 Å². The van der Waals surface area contributed by atoms with Crippen molar-refractivity contribution < 1.29 is 14.0 Å². The Morgan fingerprint density at radius 3 is 2.81 bits per heavy atom. The Bertz CT molecular complexity index is 909. The summed E-state index contributed by atoms with van der Waals surface area (Å²) in [6.45, 7) is 0. The lowest BCUT2D eigenvalue weighted by Crippen LogP contribution is -2.47. The topological polar surface area (TPSA) is 60.8 Å². The maximum absolute atomic E-state index is 14.2. The Kier molecular flexibility index (Phi) is 4.46. The minimum absolute atomic E-state index is 0.0537. The van der Waals surface area contributed by atoms with E-state index in [2.05, 4.69) is 15.5 Å². The monoisotopic (exact) mass is 398 g/mol. The minimum Gasteiger partial charge on any atom is -0.331 e. The Morgan fingerprint density at radius 1 is 1.27 bits per heavy atom. The zero-order chi connectivity index (χ0) is 18.4. The van der Waals surface area contributed by atoms with Crippen LogP contribution in [-0.2, 0) is 6.42 Å². The van der Waals surface area contributed by atoms with Crippen LogP contribution in [0.2, 0.25) is 10.0 Å². The number of nitrogens with zero attached hydrogens (tertiary/aromatic N) is 3. The van der Waals surface area contributed by atoms with Crippen LogP contribution in [0.3, 0.4) is 0 Å². The Labute approximate surface area is 158 Å². The van der Waals surface area contributed by atoms with E-state index in [9.17, 15) is 14.0 Å². The lowest BCUT2D eigenvalue weighted by Gasteiger charge is -2.37. The van der Waals surface area contributed by atoms with Gasteiger partial charge < -0.3 is 4.90 Å². The van der Waals surface area contributed by atoms with Crippen molar-refractivity contribution in [1.82, 2.24) is 15.4 Å². The number of hydrogen-bond acceptors (Lipinski definition) is 3. The van der Waals surface area contributed by atoms with E-state index in [-0.39, 0.29) is 33.8 Å². The number of hydroxylamine groups is 1. The van der Waals surface area contributed by atoms with Crippen molar-refractivity contribution in [2.24, 2.45) is 4.99 Å².